The molecule has 27 heavy (non-hydrogen) atoms. The zero-order valence-electron chi connectivity index (χ0n) is 14.6. The van der Waals surface area contributed by atoms with Crippen molar-refractivity contribution in [3.63, 3.8) is 0 Å². The lowest BCUT2D eigenvalue weighted by molar-refractivity contribution is 0.0601. The van der Waals surface area contributed by atoms with Gasteiger partial charge in [-0.15, -0.1) is 0 Å². The minimum atomic E-state index is -0.554. The molecule has 0 radical (unpaired) electrons. The van der Waals surface area contributed by atoms with Gasteiger partial charge in [-0.1, -0.05) is 11.6 Å². The maximum Gasteiger partial charge on any atom is 0.339 e. The highest BCUT2D eigenvalue weighted by atomic mass is 35.5. The molecular weight excluding hydrogens is 370 g/mol. The van der Waals surface area contributed by atoms with Crippen LogP contribution in [0.3, 0.4) is 0 Å². The molecule has 0 unspecified atom stereocenters. The van der Waals surface area contributed by atoms with E-state index < -0.39 is 11.9 Å². The Bertz CT molecular complexity index is 1000. The molecule has 0 spiro atoms. The van der Waals surface area contributed by atoms with E-state index in [-0.39, 0.29) is 27.9 Å². The maximum atomic E-state index is 12.9. The smallest absolute Gasteiger partial charge is 0.339 e. The van der Waals surface area contributed by atoms with Crippen molar-refractivity contribution in [3.8, 4) is 0 Å². The summed E-state index contributed by atoms with van der Waals surface area (Å²) in [6.45, 7) is 0. The number of pyridine rings is 1. The van der Waals surface area contributed by atoms with E-state index in [1.165, 1.54) is 19.2 Å². The monoisotopic (exact) mass is 387 g/mol. The first-order valence-corrected chi connectivity index (χ1v) is 9.05. The van der Waals surface area contributed by atoms with Crippen LogP contribution in [0.4, 0.5) is 5.69 Å². The van der Waals surface area contributed by atoms with E-state index in [0.717, 1.165) is 30.4 Å². The number of methoxy groups -OCH3 is 1. The average Bonchev–Trinajstić information content (AvgIpc) is 3.02. The van der Waals surface area contributed by atoms with Gasteiger partial charge < -0.3 is 20.4 Å². The Morgan fingerprint density at radius 2 is 2.07 bits per heavy atom. The lowest BCUT2D eigenvalue weighted by atomic mass is 9.93. The first kappa shape index (κ1) is 17.8. The van der Waals surface area contributed by atoms with Crippen LogP contribution in [0.1, 0.15) is 50.9 Å². The van der Waals surface area contributed by atoms with Crippen molar-refractivity contribution in [2.45, 2.75) is 31.3 Å². The molecule has 1 amide bonds. The topological polar surface area (TPSA) is 100 Å². The number of amides is 1. The van der Waals surface area contributed by atoms with Crippen LogP contribution in [-0.2, 0) is 11.2 Å². The number of H-pyrrole nitrogens is 1. The summed E-state index contributed by atoms with van der Waals surface area (Å²) in [4.78, 5) is 39.2. The van der Waals surface area contributed by atoms with Gasteiger partial charge in [-0.05, 0) is 43.0 Å². The van der Waals surface area contributed by atoms with Gasteiger partial charge in [0.05, 0.1) is 17.7 Å². The highest BCUT2D eigenvalue weighted by Gasteiger charge is 2.35. The molecule has 2 aromatic rings. The molecule has 4 rings (SSSR count). The lowest BCUT2D eigenvalue weighted by Gasteiger charge is -2.26. The standard InChI is InChI=1S/C19H18ClN3O4/c1-27-19(26)12-4-2-11(8-13(12)20)22-18(25)17-16-9(7-15(24)23-17)6-10-3-5-14(16)21-10/h2,4,7-8,10,14,21H,3,5-6H2,1H3,(H,22,25)(H,23,24)/t10-,14+/m1/s1. The third-order valence-corrected chi connectivity index (χ3v) is 5.40. The first-order valence-electron chi connectivity index (χ1n) is 8.67. The second-order valence-corrected chi connectivity index (χ2v) is 7.19. The van der Waals surface area contributed by atoms with Crippen molar-refractivity contribution in [1.29, 1.82) is 0 Å². The van der Waals surface area contributed by atoms with Crippen molar-refractivity contribution in [3.05, 3.63) is 62.0 Å². The number of hydrogen-bond donors (Lipinski definition) is 3. The van der Waals surface area contributed by atoms with Gasteiger partial charge in [-0.25, -0.2) is 4.79 Å². The van der Waals surface area contributed by atoms with Gasteiger partial charge >= 0.3 is 5.97 Å². The van der Waals surface area contributed by atoms with Crippen molar-refractivity contribution in [2.75, 3.05) is 12.4 Å². The molecule has 0 aliphatic carbocycles. The van der Waals surface area contributed by atoms with Crippen molar-refractivity contribution < 1.29 is 14.3 Å². The minimum absolute atomic E-state index is 0.0710. The predicted molar refractivity (Wildman–Crippen MR) is 100 cm³/mol. The number of ether oxygens (including phenoxy) is 1. The summed E-state index contributed by atoms with van der Waals surface area (Å²) in [5, 5.41) is 6.40. The Hall–Kier alpha value is -2.64. The van der Waals surface area contributed by atoms with Gasteiger partial charge in [-0.2, -0.15) is 0 Å². The minimum Gasteiger partial charge on any atom is -0.465 e. The van der Waals surface area contributed by atoms with Crippen molar-refractivity contribution in [1.82, 2.24) is 10.3 Å². The number of benzene rings is 1. The molecule has 1 aromatic heterocycles. The highest BCUT2D eigenvalue weighted by Crippen LogP contribution is 2.36. The number of fused-ring (bicyclic) bond motifs is 4. The molecule has 2 bridgehead atoms. The molecule has 3 N–H and O–H groups in total. The molecule has 1 aromatic carbocycles. The van der Waals surface area contributed by atoms with E-state index in [2.05, 4.69) is 20.4 Å². The van der Waals surface area contributed by atoms with Gasteiger partial charge in [0.2, 0.25) is 5.56 Å². The summed E-state index contributed by atoms with van der Waals surface area (Å²) >= 11 is 6.10. The molecule has 140 valence electrons. The van der Waals surface area contributed by atoms with Crippen LogP contribution >= 0.6 is 11.6 Å². The van der Waals surface area contributed by atoms with E-state index >= 15 is 0 Å². The number of carbonyl (C=O) groups excluding carboxylic acids is 2. The van der Waals surface area contributed by atoms with Crippen LogP contribution in [0.25, 0.3) is 0 Å². The van der Waals surface area contributed by atoms with Gasteiger partial charge in [-0.3, -0.25) is 9.59 Å². The van der Waals surface area contributed by atoms with Crippen LogP contribution in [0.2, 0.25) is 5.02 Å². The van der Waals surface area contributed by atoms with Gasteiger partial charge in [0, 0.05) is 29.4 Å². The number of aromatic nitrogens is 1. The second kappa shape index (κ2) is 6.83. The molecule has 0 saturated carbocycles. The zero-order valence-corrected chi connectivity index (χ0v) is 15.4. The number of esters is 1. The normalized spacial score (nSPS) is 20.1. The van der Waals surface area contributed by atoms with Crippen LogP contribution in [0.15, 0.2) is 29.1 Å². The Kier molecular flexibility index (Phi) is 4.49. The Balaban J connectivity index is 1.65. The van der Waals surface area contributed by atoms with Crippen LogP contribution in [-0.4, -0.2) is 30.0 Å². The highest BCUT2D eigenvalue weighted by molar-refractivity contribution is 6.34. The summed E-state index contributed by atoms with van der Waals surface area (Å²) in [5.41, 5.74) is 2.39. The summed E-state index contributed by atoms with van der Waals surface area (Å²) in [7, 11) is 1.27. The number of anilines is 1. The molecule has 2 aliphatic heterocycles. The lowest BCUT2D eigenvalue weighted by Crippen LogP contribution is -2.35. The molecule has 2 aliphatic rings. The van der Waals surface area contributed by atoms with Crippen LogP contribution < -0.4 is 16.2 Å². The summed E-state index contributed by atoms with van der Waals surface area (Å²) < 4.78 is 4.65. The number of halogens is 1. The third-order valence-electron chi connectivity index (χ3n) is 5.08. The summed E-state index contributed by atoms with van der Waals surface area (Å²) in [5.74, 6) is -0.973. The average molecular weight is 388 g/mol. The van der Waals surface area contributed by atoms with E-state index in [1.54, 1.807) is 12.1 Å². The predicted octanol–water partition coefficient (Wildman–Crippen LogP) is 2.42. The molecule has 1 fully saturated rings. The van der Waals surface area contributed by atoms with E-state index in [1.807, 2.05) is 0 Å². The van der Waals surface area contributed by atoms with Crippen LogP contribution in [0, 0.1) is 0 Å². The molecule has 1 saturated heterocycles. The number of aromatic amines is 1. The fraction of sp³-hybridized carbons (Fsp3) is 0.316. The van der Waals surface area contributed by atoms with Crippen molar-refractivity contribution in [2.24, 2.45) is 0 Å². The fourth-order valence-electron chi connectivity index (χ4n) is 3.90. The van der Waals surface area contributed by atoms with E-state index in [4.69, 9.17) is 11.6 Å². The Morgan fingerprint density at radius 3 is 2.81 bits per heavy atom. The summed E-state index contributed by atoms with van der Waals surface area (Å²) in [6, 6.07) is 6.54. The number of hydrogen-bond acceptors (Lipinski definition) is 5. The number of rotatable bonds is 3. The number of carbonyl (C=O) groups is 2. The first-order chi connectivity index (χ1) is 13.0. The molecule has 8 heteroatoms. The van der Waals surface area contributed by atoms with Crippen LogP contribution in [0.5, 0.6) is 0 Å². The molecule has 3 heterocycles. The van der Waals surface area contributed by atoms with E-state index in [0.29, 0.717) is 11.7 Å². The Labute approximate surface area is 160 Å². The fourth-order valence-corrected chi connectivity index (χ4v) is 4.16. The molecule has 7 nitrogen and oxygen atoms in total. The number of nitrogens with one attached hydrogen (secondary N) is 3. The second-order valence-electron chi connectivity index (χ2n) is 6.79. The maximum absolute atomic E-state index is 12.9. The van der Waals surface area contributed by atoms with Gasteiger partial charge in [0.15, 0.2) is 0 Å². The van der Waals surface area contributed by atoms with Gasteiger partial charge in [0.1, 0.15) is 5.69 Å². The molecule has 2 atom stereocenters. The van der Waals surface area contributed by atoms with Gasteiger partial charge in [0.25, 0.3) is 5.91 Å². The third kappa shape index (κ3) is 3.24. The SMILES string of the molecule is COC(=O)c1ccc(NC(=O)c2[nH]c(=O)cc3c2[C@@H]2CC[C@H](C3)N2)cc1Cl. The molecular formula is C19H18ClN3O4. The summed E-state index contributed by atoms with van der Waals surface area (Å²) in [6.07, 6.45) is 2.71. The quantitative estimate of drug-likeness (QED) is 0.702. The Morgan fingerprint density at radius 1 is 1.26 bits per heavy atom. The zero-order chi connectivity index (χ0) is 19.1. The largest absolute Gasteiger partial charge is 0.465 e. The van der Waals surface area contributed by atoms with E-state index in [9.17, 15) is 14.4 Å². The van der Waals surface area contributed by atoms with Crippen molar-refractivity contribution >= 4 is 29.2 Å².